The van der Waals surface area contributed by atoms with Crippen molar-refractivity contribution in [3.8, 4) is 0 Å². The molecule has 21 heavy (non-hydrogen) atoms. The molecule has 111 valence electrons. The number of aromatic nitrogens is 1. The van der Waals surface area contributed by atoms with Gasteiger partial charge in [-0.05, 0) is 25.0 Å². The summed E-state index contributed by atoms with van der Waals surface area (Å²) < 4.78 is 6.10. The number of unbranched alkanes of at least 4 members (excludes halogenated alkanes) is 3. The fourth-order valence-electron chi connectivity index (χ4n) is 3.06. The molecule has 2 aromatic rings. The molecule has 1 saturated heterocycles. The number of hydrogen-bond donors (Lipinski definition) is 1. The molecule has 0 bridgehead atoms. The van der Waals surface area contributed by atoms with E-state index >= 15 is 0 Å². The molecule has 1 aliphatic heterocycles. The molecule has 2 heterocycles. The highest BCUT2D eigenvalue weighted by atomic mass is 16.5. The second kappa shape index (κ2) is 6.54. The molecule has 1 N–H and O–H groups in total. The molecule has 1 radical (unpaired) electrons. The average Bonchev–Trinajstić information content (AvgIpc) is 3.01. The van der Waals surface area contributed by atoms with E-state index in [4.69, 9.17) is 4.74 Å². The van der Waals surface area contributed by atoms with Gasteiger partial charge in [0.1, 0.15) is 5.72 Å². The lowest BCUT2D eigenvalue weighted by atomic mass is 9.95. The molecule has 1 atom stereocenters. The van der Waals surface area contributed by atoms with Crippen LogP contribution in [0, 0.1) is 6.92 Å². The van der Waals surface area contributed by atoms with E-state index in [2.05, 4.69) is 41.5 Å². The fraction of sp³-hybridized carbons (Fsp3) is 0.444. The summed E-state index contributed by atoms with van der Waals surface area (Å²) in [5.41, 5.74) is 1.90. The predicted molar refractivity (Wildman–Crippen MR) is 85.8 cm³/mol. The summed E-state index contributed by atoms with van der Waals surface area (Å²) in [6.07, 6.45) is 7.42. The van der Waals surface area contributed by atoms with Crippen molar-refractivity contribution < 1.29 is 4.74 Å². The Morgan fingerprint density at radius 3 is 3.00 bits per heavy atom. The molecule has 1 fully saturated rings. The van der Waals surface area contributed by atoms with Crippen LogP contribution in [0.2, 0.25) is 0 Å². The third-order valence-electron chi connectivity index (χ3n) is 4.21. The zero-order valence-electron chi connectivity index (χ0n) is 12.5. The van der Waals surface area contributed by atoms with Gasteiger partial charge in [0, 0.05) is 23.7 Å². The van der Waals surface area contributed by atoms with E-state index in [9.17, 15) is 0 Å². The summed E-state index contributed by atoms with van der Waals surface area (Å²) in [6, 6.07) is 10.5. The molecule has 0 amide bonds. The summed E-state index contributed by atoms with van der Waals surface area (Å²) in [7, 11) is 0. The smallest absolute Gasteiger partial charge is 0.145 e. The van der Waals surface area contributed by atoms with E-state index < -0.39 is 0 Å². The standard InChI is InChI=1S/C18H23N2O/c1-2-3-4-5-10-18(20-12-13-21-18)16-9-8-15-7-6-11-19-17(15)14-16/h6-9,11,14,20H,1-5,10,12-13H2. The van der Waals surface area contributed by atoms with Crippen molar-refractivity contribution in [2.75, 3.05) is 13.2 Å². The first-order chi connectivity index (χ1) is 10.3. The zero-order chi connectivity index (χ0) is 14.5. The maximum Gasteiger partial charge on any atom is 0.145 e. The summed E-state index contributed by atoms with van der Waals surface area (Å²) in [6.45, 7) is 5.60. The number of ether oxygens (including phenoxy) is 1. The maximum absolute atomic E-state index is 6.10. The predicted octanol–water partition coefficient (Wildman–Crippen LogP) is 3.79. The first kappa shape index (κ1) is 14.5. The van der Waals surface area contributed by atoms with Crippen LogP contribution in [0.4, 0.5) is 0 Å². The van der Waals surface area contributed by atoms with Crippen LogP contribution in [0.25, 0.3) is 10.9 Å². The van der Waals surface area contributed by atoms with Gasteiger partial charge in [0.25, 0.3) is 0 Å². The number of nitrogens with zero attached hydrogens (tertiary/aromatic N) is 1. The highest BCUT2D eigenvalue weighted by Crippen LogP contribution is 2.33. The van der Waals surface area contributed by atoms with E-state index in [-0.39, 0.29) is 5.72 Å². The van der Waals surface area contributed by atoms with Gasteiger partial charge in [0.15, 0.2) is 0 Å². The van der Waals surface area contributed by atoms with Crippen LogP contribution in [0.1, 0.15) is 37.7 Å². The molecule has 3 rings (SSSR count). The SMILES string of the molecule is [CH2]CCCCCC1(c2ccc3cccnc3c2)NCCO1. The van der Waals surface area contributed by atoms with E-state index in [1.807, 2.05) is 12.3 Å². The molecule has 0 saturated carbocycles. The highest BCUT2D eigenvalue weighted by Gasteiger charge is 2.36. The van der Waals surface area contributed by atoms with Gasteiger partial charge >= 0.3 is 0 Å². The number of rotatable bonds is 6. The molecule has 0 aliphatic carbocycles. The molecular weight excluding hydrogens is 260 g/mol. The first-order valence-corrected chi connectivity index (χ1v) is 7.88. The van der Waals surface area contributed by atoms with Crippen LogP contribution in [0.15, 0.2) is 36.5 Å². The molecule has 1 aromatic heterocycles. The number of nitrogens with one attached hydrogen (secondary N) is 1. The molecule has 3 nitrogen and oxygen atoms in total. The Balaban J connectivity index is 1.84. The van der Waals surface area contributed by atoms with Crippen molar-refractivity contribution in [3.63, 3.8) is 0 Å². The summed E-state index contributed by atoms with van der Waals surface area (Å²) in [5.74, 6) is 0. The van der Waals surface area contributed by atoms with Crippen LogP contribution in [-0.4, -0.2) is 18.1 Å². The quantitative estimate of drug-likeness (QED) is 0.819. The molecular formula is C18H23N2O. The van der Waals surface area contributed by atoms with Crippen LogP contribution in [0.3, 0.4) is 0 Å². The van der Waals surface area contributed by atoms with Crippen LogP contribution in [0.5, 0.6) is 0 Å². The number of benzene rings is 1. The fourth-order valence-corrected chi connectivity index (χ4v) is 3.06. The Hall–Kier alpha value is -1.45. The first-order valence-electron chi connectivity index (χ1n) is 7.88. The molecule has 0 spiro atoms. The number of hydrogen-bond acceptors (Lipinski definition) is 3. The lowest BCUT2D eigenvalue weighted by Crippen LogP contribution is -2.38. The van der Waals surface area contributed by atoms with Gasteiger partial charge < -0.3 is 4.74 Å². The van der Waals surface area contributed by atoms with E-state index in [0.717, 1.165) is 37.9 Å². The average molecular weight is 283 g/mol. The van der Waals surface area contributed by atoms with Crippen molar-refractivity contribution in [3.05, 3.63) is 49.0 Å². The summed E-state index contributed by atoms with van der Waals surface area (Å²) >= 11 is 0. The van der Waals surface area contributed by atoms with Crippen molar-refractivity contribution >= 4 is 10.9 Å². The minimum Gasteiger partial charge on any atom is -0.355 e. The normalized spacial score (nSPS) is 22.0. The van der Waals surface area contributed by atoms with Gasteiger partial charge in [-0.2, -0.15) is 0 Å². The van der Waals surface area contributed by atoms with Crippen molar-refractivity contribution in [1.82, 2.24) is 10.3 Å². The van der Waals surface area contributed by atoms with Gasteiger partial charge in [0.2, 0.25) is 0 Å². The van der Waals surface area contributed by atoms with Crippen molar-refractivity contribution in [2.45, 2.75) is 37.8 Å². The van der Waals surface area contributed by atoms with Gasteiger partial charge in [-0.15, -0.1) is 0 Å². The second-order valence-electron chi connectivity index (χ2n) is 5.68. The zero-order valence-corrected chi connectivity index (χ0v) is 12.5. The van der Waals surface area contributed by atoms with Gasteiger partial charge in [-0.25, -0.2) is 0 Å². The monoisotopic (exact) mass is 283 g/mol. The molecule has 3 heteroatoms. The van der Waals surface area contributed by atoms with Gasteiger partial charge in [0.05, 0.1) is 12.1 Å². The Kier molecular flexibility index (Phi) is 4.51. The van der Waals surface area contributed by atoms with Crippen LogP contribution >= 0.6 is 0 Å². The van der Waals surface area contributed by atoms with Gasteiger partial charge in [-0.3, -0.25) is 10.3 Å². The van der Waals surface area contributed by atoms with Gasteiger partial charge in [-0.1, -0.05) is 44.4 Å². The third-order valence-corrected chi connectivity index (χ3v) is 4.21. The Labute approximate surface area is 126 Å². The lowest BCUT2D eigenvalue weighted by molar-refractivity contribution is -0.0238. The lowest BCUT2D eigenvalue weighted by Gasteiger charge is -2.29. The second-order valence-corrected chi connectivity index (χ2v) is 5.68. The molecule has 1 aromatic carbocycles. The van der Waals surface area contributed by atoms with E-state index in [1.54, 1.807) is 0 Å². The minimum absolute atomic E-state index is 0.327. The van der Waals surface area contributed by atoms with Crippen molar-refractivity contribution in [2.24, 2.45) is 0 Å². The Morgan fingerprint density at radius 2 is 2.19 bits per heavy atom. The minimum atomic E-state index is -0.327. The highest BCUT2D eigenvalue weighted by molar-refractivity contribution is 5.79. The van der Waals surface area contributed by atoms with Crippen LogP contribution in [-0.2, 0) is 10.5 Å². The Bertz CT molecular complexity index is 591. The summed E-state index contributed by atoms with van der Waals surface area (Å²) in [4.78, 5) is 4.46. The van der Waals surface area contributed by atoms with Crippen molar-refractivity contribution in [1.29, 1.82) is 0 Å². The third kappa shape index (κ3) is 3.09. The molecule has 1 aliphatic rings. The maximum atomic E-state index is 6.10. The van der Waals surface area contributed by atoms with E-state index in [1.165, 1.54) is 23.8 Å². The van der Waals surface area contributed by atoms with Crippen LogP contribution < -0.4 is 5.32 Å². The molecule has 1 unspecified atom stereocenters. The number of fused-ring (bicyclic) bond motifs is 1. The Morgan fingerprint density at radius 1 is 1.24 bits per heavy atom. The number of pyridine rings is 1. The van der Waals surface area contributed by atoms with E-state index in [0.29, 0.717) is 0 Å². The summed E-state index contributed by atoms with van der Waals surface area (Å²) in [5, 5.41) is 4.74. The topological polar surface area (TPSA) is 34.2 Å². The largest absolute Gasteiger partial charge is 0.355 e.